The summed E-state index contributed by atoms with van der Waals surface area (Å²) in [5, 5.41) is 47.6. The predicted molar refractivity (Wildman–Crippen MR) is 84.5 cm³/mol. The number of phenolic OH excluding ortho intramolecular Hbond substituents is 2. The van der Waals surface area contributed by atoms with E-state index >= 15 is 0 Å². The molecule has 1 aliphatic rings. The summed E-state index contributed by atoms with van der Waals surface area (Å²) in [6.45, 7) is 0. The summed E-state index contributed by atoms with van der Waals surface area (Å²) in [4.78, 5) is 23.0. The number of esters is 1. The fraction of sp³-hybridized carbons (Fsp3) is 0.375. The maximum atomic E-state index is 11.9. The summed E-state index contributed by atoms with van der Waals surface area (Å²) in [6.07, 6.45) is -1.15. The third-order valence-electron chi connectivity index (χ3n) is 4.01. The molecule has 1 aliphatic carbocycles. The van der Waals surface area contributed by atoms with Gasteiger partial charge in [-0.15, -0.1) is 0 Å². The molecule has 1 aromatic rings. The Morgan fingerprint density at radius 2 is 1.92 bits per heavy atom. The molecule has 1 saturated carbocycles. The molecule has 136 valence electrons. The van der Waals surface area contributed by atoms with Crippen LogP contribution in [-0.2, 0) is 14.3 Å². The number of aliphatic carboxylic acids is 1. The minimum absolute atomic E-state index is 0.313. The van der Waals surface area contributed by atoms with Crippen molar-refractivity contribution >= 4 is 18.0 Å². The summed E-state index contributed by atoms with van der Waals surface area (Å²) in [6, 6.07) is 2.82. The Bertz CT molecular complexity index is 703. The fourth-order valence-electron chi connectivity index (χ4n) is 2.61. The second-order valence-corrected chi connectivity index (χ2v) is 5.96. The number of carboxylic acid groups (broad SMARTS) is 1. The molecule has 1 aromatic carbocycles. The highest BCUT2D eigenvalue weighted by molar-refractivity contribution is 5.87. The number of phenols is 2. The van der Waals surface area contributed by atoms with E-state index in [2.05, 4.69) is 0 Å². The highest BCUT2D eigenvalue weighted by Crippen LogP contribution is 2.30. The predicted octanol–water partition coefficient (Wildman–Crippen LogP) is -0.680. The molecule has 9 nitrogen and oxygen atoms in total. The van der Waals surface area contributed by atoms with Gasteiger partial charge in [-0.05, 0) is 23.8 Å². The van der Waals surface area contributed by atoms with Crippen LogP contribution in [0.5, 0.6) is 11.5 Å². The molecular weight excluding hydrogens is 334 g/mol. The van der Waals surface area contributed by atoms with Crippen LogP contribution in [0.4, 0.5) is 0 Å². The number of hydrogen-bond acceptors (Lipinski definition) is 8. The maximum Gasteiger partial charge on any atom is 0.335 e. The normalized spacial score (nSPS) is 29.5. The number of carboxylic acids is 1. The lowest BCUT2D eigenvalue weighted by atomic mass is 9.78. The van der Waals surface area contributed by atoms with Crippen LogP contribution in [0.3, 0.4) is 0 Å². The molecule has 0 amide bonds. The smallest absolute Gasteiger partial charge is 0.335 e. The molecule has 1 fully saturated rings. The molecule has 7 N–H and O–H groups in total. The van der Waals surface area contributed by atoms with E-state index in [-0.39, 0.29) is 17.9 Å². The van der Waals surface area contributed by atoms with Gasteiger partial charge in [-0.3, -0.25) is 0 Å². The number of aliphatic hydroxyl groups excluding tert-OH is 1. The number of aliphatic hydroxyl groups is 2. The Balaban J connectivity index is 2.06. The standard InChI is InChI=1S/C16H19NO8/c17-9-6-16(24,15(22)23)7-12(14(9)21)25-13(20)4-2-8-1-3-10(18)11(19)5-8/h1-5,9,12,14,18-19,21,24H,6-7,17H2,(H,22,23)/b4-2+/t9-,12+,14+,16-/m0/s1. The molecule has 0 bridgehead atoms. The Morgan fingerprint density at radius 3 is 2.52 bits per heavy atom. The first-order chi connectivity index (χ1) is 11.6. The van der Waals surface area contributed by atoms with Crippen molar-refractivity contribution in [3.63, 3.8) is 0 Å². The molecule has 0 unspecified atom stereocenters. The first-order valence-corrected chi connectivity index (χ1v) is 7.42. The molecule has 25 heavy (non-hydrogen) atoms. The van der Waals surface area contributed by atoms with E-state index in [1.807, 2.05) is 0 Å². The number of nitrogens with two attached hydrogens (primary N) is 1. The average molecular weight is 353 g/mol. The molecular formula is C16H19NO8. The highest BCUT2D eigenvalue weighted by Gasteiger charge is 2.49. The third-order valence-corrected chi connectivity index (χ3v) is 4.01. The van der Waals surface area contributed by atoms with Crippen molar-refractivity contribution in [2.24, 2.45) is 5.73 Å². The van der Waals surface area contributed by atoms with E-state index in [9.17, 15) is 30.0 Å². The van der Waals surface area contributed by atoms with Gasteiger partial charge in [-0.2, -0.15) is 0 Å². The third kappa shape index (κ3) is 4.27. The van der Waals surface area contributed by atoms with E-state index in [1.165, 1.54) is 24.3 Å². The van der Waals surface area contributed by atoms with Gasteiger partial charge in [0.2, 0.25) is 0 Å². The Morgan fingerprint density at radius 1 is 1.24 bits per heavy atom. The van der Waals surface area contributed by atoms with Gasteiger partial charge < -0.3 is 36.0 Å². The molecule has 4 atom stereocenters. The highest BCUT2D eigenvalue weighted by atomic mass is 16.6. The lowest BCUT2D eigenvalue weighted by molar-refractivity contribution is -0.182. The number of carbonyl (C=O) groups excluding carboxylic acids is 1. The van der Waals surface area contributed by atoms with Gasteiger partial charge >= 0.3 is 11.9 Å². The van der Waals surface area contributed by atoms with E-state index in [1.54, 1.807) is 0 Å². The van der Waals surface area contributed by atoms with E-state index in [0.29, 0.717) is 5.56 Å². The quantitative estimate of drug-likeness (QED) is 0.233. The maximum absolute atomic E-state index is 11.9. The van der Waals surface area contributed by atoms with Gasteiger partial charge in [-0.25, -0.2) is 9.59 Å². The number of ether oxygens (including phenoxy) is 1. The van der Waals surface area contributed by atoms with Crippen molar-refractivity contribution in [2.45, 2.75) is 36.7 Å². The van der Waals surface area contributed by atoms with Crippen molar-refractivity contribution in [3.8, 4) is 11.5 Å². The summed E-state index contributed by atoms with van der Waals surface area (Å²) >= 11 is 0. The molecule has 9 heteroatoms. The Hall–Kier alpha value is -2.62. The van der Waals surface area contributed by atoms with Gasteiger partial charge in [0.25, 0.3) is 0 Å². The van der Waals surface area contributed by atoms with E-state index < -0.39 is 42.2 Å². The van der Waals surface area contributed by atoms with Gasteiger partial charge in [0.05, 0.1) is 0 Å². The zero-order chi connectivity index (χ0) is 18.8. The average Bonchev–Trinajstić information content (AvgIpc) is 2.53. The summed E-state index contributed by atoms with van der Waals surface area (Å²) in [5.41, 5.74) is 3.83. The van der Waals surface area contributed by atoms with Crippen molar-refractivity contribution in [1.29, 1.82) is 0 Å². The van der Waals surface area contributed by atoms with Crippen LogP contribution >= 0.6 is 0 Å². The molecule has 0 radical (unpaired) electrons. The van der Waals surface area contributed by atoms with Crippen molar-refractivity contribution in [2.75, 3.05) is 0 Å². The van der Waals surface area contributed by atoms with Crippen LogP contribution in [0, 0.1) is 0 Å². The first-order valence-electron chi connectivity index (χ1n) is 7.42. The van der Waals surface area contributed by atoms with Crippen LogP contribution in [0.1, 0.15) is 18.4 Å². The Kier molecular flexibility index (Phi) is 5.31. The summed E-state index contributed by atoms with van der Waals surface area (Å²) in [7, 11) is 0. The van der Waals surface area contributed by atoms with Crippen molar-refractivity contribution in [3.05, 3.63) is 29.8 Å². The second kappa shape index (κ2) is 7.09. The minimum Gasteiger partial charge on any atom is -0.504 e. The van der Waals surface area contributed by atoms with Crippen LogP contribution in [0.15, 0.2) is 24.3 Å². The van der Waals surface area contributed by atoms with Gasteiger partial charge in [0.1, 0.15) is 12.2 Å². The molecule has 0 aliphatic heterocycles. The number of aromatic hydroxyl groups is 2. The number of benzene rings is 1. The van der Waals surface area contributed by atoms with Crippen LogP contribution in [0.25, 0.3) is 6.08 Å². The largest absolute Gasteiger partial charge is 0.504 e. The van der Waals surface area contributed by atoms with Crippen molar-refractivity contribution in [1.82, 2.24) is 0 Å². The van der Waals surface area contributed by atoms with Crippen LogP contribution in [-0.4, -0.2) is 61.3 Å². The molecule has 0 saturated heterocycles. The molecule has 2 rings (SSSR count). The van der Waals surface area contributed by atoms with Crippen molar-refractivity contribution < 1.29 is 39.9 Å². The lowest BCUT2D eigenvalue weighted by Gasteiger charge is -2.39. The van der Waals surface area contributed by atoms with Gasteiger partial charge in [0, 0.05) is 25.0 Å². The van der Waals surface area contributed by atoms with Gasteiger partial charge in [0.15, 0.2) is 17.1 Å². The molecule has 0 spiro atoms. The van der Waals surface area contributed by atoms with Crippen LogP contribution < -0.4 is 5.73 Å². The number of carbonyl (C=O) groups is 2. The van der Waals surface area contributed by atoms with E-state index in [0.717, 1.165) is 6.08 Å². The van der Waals surface area contributed by atoms with E-state index in [4.69, 9.17) is 15.6 Å². The van der Waals surface area contributed by atoms with Crippen LogP contribution in [0.2, 0.25) is 0 Å². The minimum atomic E-state index is -2.18. The summed E-state index contributed by atoms with van der Waals surface area (Å²) < 4.78 is 5.00. The fourth-order valence-corrected chi connectivity index (χ4v) is 2.61. The Labute approximate surface area is 142 Å². The lowest BCUT2D eigenvalue weighted by Crippen LogP contribution is -2.59. The summed E-state index contributed by atoms with van der Waals surface area (Å²) in [5.74, 6) is -3.08. The topological polar surface area (TPSA) is 171 Å². The number of hydrogen-bond donors (Lipinski definition) is 6. The molecule has 0 aromatic heterocycles. The number of rotatable bonds is 4. The first kappa shape index (κ1) is 18.7. The SMILES string of the molecule is N[C@H]1C[C@@](O)(C(=O)O)C[C@@H](OC(=O)/C=C/c2ccc(O)c(O)c2)[C@@H]1O. The zero-order valence-corrected chi connectivity index (χ0v) is 13.1. The van der Waals surface area contributed by atoms with Gasteiger partial charge in [-0.1, -0.05) is 6.07 Å². The molecule has 0 heterocycles. The second-order valence-electron chi connectivity index (χ2n) is 5.96. The zero-order valence-electron chi connectivity index (χ0n) is 13.1. The monoisotopic (exact) mass is 353 g/mol.